The van der Waals surface area contributed by atoms with Crippen LogP contribution in [0, 0.1) is 0 Å². The van der Waals surface area contributed by atoms with Crippen LogP contribution in [0.3, 0.4) is 0 Å². The van der Waals surface area contributed by atoms with Gasteiger partial charge in [0.15, 0.2) is 6.29 Å². The number of rotatable bonds is 8. The number of hydrogen-bond acceptors (Lipinski definition) is 3. The van der Waals surface area contributed by atoms with Gasteiger partial charge in [0.25, 0.3) is 0 Å². The molecule has 0 aliphatic carbocycles. The van der Waals surface area contributed by atoms with Crippen LogP contribution in [-0.2, 0) is 25.7 Å². The maximum absolute atomic E-state index is 9.89. The Kier molecular flexibility index (Phi) is 6.64. The summed E-state index contributed by atoms with van der Waals surface area (Å²) in [6, 6.07) is 24.2. The molecule has 27 heavy (non-hydrogen) atoms. The van der Waals surface area contributed by atoms with Crippen LogP contribution in [0.25, 0.3) is 0 Å². The van der Waals surface area contributed by atoms with Crippen LogP contribution in [0.4, 0.5) is 0 Å². The number of methoxy groups -OCH3 is 1. The molecule has 0 bridgehead atoms. The lowest BCUT2D eigenvalue weighted by Crippen LogP contribution is -2.09. The van der Waals surface area contributed by atoms with Gasteiger partial charge >= 0.3 is 0 Å². The molecule has 3 rings (SSSR count). The molecule has 0 saturated heterocycles. The maximum atomic E-state index is 9.89. The molecule has 3 heteroatoms. The molecule has 0 saturated carbocycles. The first-order valence-corrected chi connectivity index (χ1v) is 9.31. The SMILES string of the molecule is COc1ccc(C(O)O)c(CCc2ccccc2)c1CCc1ccccc1. The average molecular weight is 362 g/mol. The highest BCUT2D eigenvalue weighted by Crippen LogP contribution is 2.31. The van der Waals surface area contributed by atoms with E-state index in [0.29, 0.717) is 5.56 Å². The zero-order valence-corrected chi connectivity index (χ0v) is 15.6. The monoisotopic (exact) mass is 362 g/mol. The molecule has 0 fully saturated rings. The second-order valence-corrected chi connectivity index (χ2v) is 6.66. The van der Waals surface area contributed by atoms with Crippen LogP contribution < -0.4 is 4.74 Å². The third kappa shape index (κ3) is 4.97. The van der Waals surface area contributed by atoms with E-state index >= 15 is 0 Å². The molecule has 0 spiro atoms. The number of aryl methyl sites for hydroxylation is 2. The first kappa shape index (κ1) is 19.2. The minimum absolute atomic E-state index is 0.565. The molecule has 0 aliphatic rings. The third-order valence-electron chi connectivity index (χ3n) is 4.94. The first-order chi connectivity index (χ1) is 13.2. The van der Waals surface area contributed by atoms with E-state index in [4.69, 9.17) is 4.74 Å². The van der Waals surface area contributed by atoms with Crippen LogP contribution in [0.1, 0.15) is 34.1 Å². The lowest BCUT2D eigenvalue weighted by Gasteiger charge is -2.19. The van der Waals surface area contributed by atoms with E-state index in [9.17, 15) is 10.2 Å². The van der Waals surface area contributed by atoms with Gasteiger partial charge in [-0.25, -0.2) is 0 Å². The Morgan fingerprint density at radius 3 is 1.67 bits per heavy atom. The lowest BCUT2D eigenvalue weighted by atomic mass is 9.90. The van der Waals surface area contributed by atoms with Gasteiger partial charge in [0.2, 0.25) is 0 Å². The summed E-state index contributed by atoms with van der Waals surface area (Å²) in [6.07, 6.45) is 1.75. The van der Waals surface area contributed by atoms with E-state index in [1.165, 1.54) is 11.1 Å². The fourth-order valence-corrected chi connectivity index (χ4v) is 3.52. The minimum atomic E-state index is -1.49. The Labute approximate surface area is 160 Å². The van der Waals surface area contributed by atoms with Crippen molar-refractivity contribution in [2.45, 2.75) is 32.0 Å². The minimum Gasteiger partial charge on any atom is -0.496 e. The molecule has 3 aromatic rings. The molecule has 0 atom stereocenters. The van der Waals surface area contributed by atoms with Gasteiger partial charge in [-0.2, -0.15) is 0 Å². The smallest absolute Gasteiger partial charge is 0.178 e. The van der Waals surface area contributed by atoms with Crippen molar-refractivity contribution in [3.8, 4) is 5.75 Å². The molecule has 2 N–H and O–H groups in total. The van der Waals surface area contributed by atoms with Gasteiger partial charge in [-0.15, -0.1) is 0 Å². The van der Waals surface area contributed by atoms with Gasteiger partial charge in [-0.05, 0) is 60.1 Å². The zero-order valence-electron chi connectivity index (χ0n) is 15.6. The van der Waals surface area contributed by atoms with E-state index in [1.807, 2.05) is 42.5 Å². The largest absolute Gasteiger partial charge is 0.496 e. The summed E-state index contributed by atoms with van der Waals surface area (Å²) >= 11 is 0. The molecule has 0 unspecified atom stereocenters. The van der Waals surface area contributed by atoms with Gasteiger partial charge in [0, 0.05) is 5.56 Å². The summed E-state index contributed by atoms with van der Waals surface area (Å²) in [5.41, 5.74) is 5.08. The van der Waals surface area contributed by atoms with Crippen LogP contribution in [-0.4, -0.2) is 17.3 Å². The van der Waals surface area contributed by atoms with Crippen molar-refractivity contribution >= 4 is 0 Å². The Balaban J connectivity index is 1.91. The average Bonchev–Trinajstić information content (AvgIpc) is 2.71. The number of hydrogen-bond donors (Lipinski definition) is 2. The van der Waals surface area contributed by atoms with Gasteiger partial charge < -0.3 is 14.9 Å². The van der Waals surface area contributed by atoms with E-state index in [0.717, 1.165) is 42.6 Å². The van der Waals surface area contributed by atoms with E-state index < -0.39 is 6.29 Å². The Morgan fingerprint density at radius 2 is 1.19 bits per heavy atom. The molecule has 3 aromatic carbocycles. The summed E-state index contributed by atoms with van der Waals surface area (Å²) in [4.78, 5) is 0. The summed E-state index contributed by atoms with van der Waals surface area (Å²) in [5, 5.41) is 19.8. The third-order valence-corrected chi connectivity index (χ3v) is 4.94. The summed E-state index contributed by atoms with van der Waals surface area (Å²) < 4.78 is 5.60. The molecule has 0 radical (unpaired) electrons. The van der Waals surface area contributed by atoms with Gasteiger partial charge in [-0.3, -0.25) is 0 Å². The Morgan fingerprint density at radius 1 is 0.667 bits per heavy atom. The Bertz CT molecular complexity index is 842. The summed E-state index contributed by atoms with van der Waals surface area (Å²) in [7, 11) is 1.66. The van der Waals surface area contributed by atoms with Crippen molar-refractivity contribution in [2.75, 3.05) is 7.11 Å². The predicted octanol–water partition coefficient (Wildman–Crippen LogP) is 4.25. The van der Waals surface area contributed by atoms with Crippen molar-refractivity contribution in [1.29, 1.82) is 0 Å². The second-order valence-electron chi connectivity index (χ2n) is 6.66. The fourth-order valence-electron chi connectivity index (χ4n) is 3.52. The Hall–Kier alpha value is -2.62. The zero-order chi connectivity index (χ0) is 19.1. The van der Waals surface area contributed by atoms with Crippen molar-refractivity contribution in [1.82, 2.24) is 0 Å². The van der Waals surface area contributed by atoms with Crippen LogP contribution in [0.15, 0.2) is 72.8 Å². The van der Waals surface area contributed by atoms with Crippen molar-refractivity contribution in [2.24, 2.45) is 0 Å². The topological polar surface area (TPSA) is 49.7 Å². The van der Waals surface area contributed by atoms with E-state index in [1.54, 1.807) is 13.2 Å². The number of aliphatic hydroxyl groups is 2. The lowest BCUT2D eigenvalue weighted by molar-refractivity contribution is -0.0431. The van der Waals surface area contributed by atoms with Crippen molar-refractivity contribution in [3.05, 3.63) is 101 Å². The number of aliphatic hydroxyl groups excluding tert-OH is 1. The molecule has 140 valence electrons. The fraction of sp³-hybridized carbons (Fsp3) is 0.250. The predicted molar refractivity (Wildman–Crippen MR) is 108 cm³/mol. The molecule has 0 heterocycles. The highest BCUT2D eigenvalue weighted by Gasteiger charge is 2.18. The normalized spacial score (nSPS) is 11.0. The highest BCUT2D eigenvalue weighted by atomic mass is 16.5. The van der Waals surface area contributed by atoms with Gasteiger partial charge in [0.1, 0.15) is 5.75 Å². The van der Waals surface area contributed by atoms with Crippen LogP contribution in [0.5, 0.6) is 5.75 Å². The number of benzene rings is 3. The van der Waals surface area contributed by atoms with Crippen LogP contribution >= 0.6 is 0 Å². The highest BCUT2D eigenvalue weighted by molar-refractivity contribution is 5.47. The van der Waals surface area contributed by atoms with Crippen LogP contribution in [0.2, 0.25) is 0 Å². The molecule has 0 amide bonds. The van der Waals surface area contributed by atoms with Crippen molar-refractivity contribution in [3.63, 3.8) is 0 Å². The first-order valence-electron chi connectivity index (χ1n) is 9.31. The van der Waals surface area contributed by atoms with E-state index in [-0.39, 0.29) is 0 Å². The molecule has 0 aromatic heterocycles. The molecule has 3 nitrogen and oxygen atoms in total. The molecular formula is C24H26O3. The van der Waals surface area contributed by atoms with Crippen molar-refractivity contribution < 1.29 is 14.9 Å². The molecule has 0 aliphatic heterocycles. The number of ether oxygens (including phenoxy) is 1. The summed E-state index contributed by atoms with van der Waals surface area (Å²) in [5.74, 6) is 0.804. The van der Waals surface area contributed by atoms with Gasteiger partial charge in [0.05, 0.1) is 7.11 Å². The maximum Gasteiger partial charge on any atom is 0.178 e. The molecular weight excluding hydrogens is 336 g/mol. The van der Waals surface area contributed by atoms with Gasteiger partial charge in [-0.1, -0.05) is 60.7 Å². The van der Waals surface area contributed by atoms with E-state index in [2.05, 4.69) is 24.3 Å². The summed E-state index contributed by atoms with van der Waals surface area (Å²) in [6.45, 7) is 0. The quantitative estimate of drug-likeness (QED) is 0.589. The second kappa shape index (κ2) is 9.36. The standard InChI is InChI=1S/C24H26O3/c1-27-23-17-16-22(24(25)26)20(14-12-18-8-4-2-5-9-18)21(23)15-13-19-10-6-3-7-11-19/h2-11,16-17,24-26H,12-15H2,1H3.